The van der Waals surface area contributed by atoms with E-state index in [0.29, 0.717) is 18.7 Å². The lowest BCUT2D eigenvalue weighted by Crippen LogP contribution is -2.33. The average Bonchev–Trinajstić information content (AvgIpc) is 2.99. The number of aliphatic hydroxyl groups excluding tert-OH is 1. The van der Waals surface area contributed by atoms with E-state index < -0.39 is 0 Å². The number of carbonyl (C=O) groups excluding carboxylic acids is 1. The minimum absolute atomic E-state index is 0.228. The van der Waals surface area contributed by atoms with Crippen LogP contribution in [0.3, 0.4) is 0 Å². The van der Waals surface area contributed by atoms with E-state index in [-0.39, 0.29) is 24.2 Å². The number of para-hydroxylation sites is 2. The van der Waals surface area contributed by atoms with Crippen molar-refractivity contribution in [2.24, 2.45) is 5.92 Å². The summed E-state index contributed by atoms with van der Waals surface area (Å²) in [5, 5.41) is 15.0. The number of aliphatic hydroxyl groups is 1. The normalized spacial score (nSPS) is 17.5. The van der Waals surface area contributed by atoms with Crippen molar-refractivity contribution >= 4 is 11.7 Å². The third-order valence-electron chi connectivity index (χ3n) is 4.09. The second-order valence-electron chi connectivity index (χ2n) is 6.55. The largest absolute Gasteiger partial charge is 0.488 e. The molecule has 128 valence electrons. The van der Waals surface area contributed by atoms with E-state index in [1.165, 1.54) is 12.8 Å². The molecule has 1 saturated carbocycles. The molecular formula is C18H28N2O3. The molecule has 5 heteroatoms. The molecule has 2 unspecified atom stereocenters. The Hall–Kier alpha value is -1.75. The van der Waals surface area contributed by atoms with Crippen LogP contribution in [-0.4, -0.2) is 29.9 Å². The number of carbonyl (C=O) groups is 1. The molecular weight excluding hydrogens is 292 g/mol. The summed E-state index contributed by atoms with van der Waals surface area (Å²) in [4.78, 5) is 12.1. The molecule has 1 aromatic rings. The highest BCUT2D eigenvalue weighted by Crippen LogP contribution is 2.29. The van der Waals surface area contributed by atoms with Gasteiger partial charge in [0.2, 0.25) is 0 Å². The molecule has 1 aliphatic rings. The maximum atomic E-state index is 12.1. The number of benzene rings is 1. The highest BCUT2D eigenvalue weighted by atomic mass is 16.5. The molecule has 2 atom stereocenters. The molecule has 0 spiro atoms. The highest BCUT2D eigenvalue weighted by molar-refractivity contribution is 5.90. The van der Waals surface area contributed by atoms with Crippen LogP contribution >= 0.6 is 0 Å². The van der Waals surface area contributed by atoms with Gasteiger partial charge >= 0.3 is 6.03 Å². The fraction of sp³-hybridized carbons (Fsp3) is 0.611. The average molecular weight is 320 g/mol. The molecule has 0 heterocycles. The molecule has 0 radical (unpaired) electrons. The lowest BCUT2D eigenvalue weighted by Gasteiger charge is -2.18. The first-order chi connectivity index (χ1) is 11.0. The van der Waals surface area contributed by atoms with Crippen molar-refractivity contribution in [3.63, 3.8) is 0 Å². The quantitative estimate of drug-likeness (QED) is 0.719. The molecule has 1 aromatic carbocycles. The third kappa shape index (κ3) is 6.10. The second kappa shape index (κ2) is 8.77. The van der Waals surface area contributed by atoms with Gasteiger partial charge < -0.3 is 20.5 Å². The first-order valence-corrected chi connectivity index (χ1v) is 8.53. The minimum Gasteiger partial charge on any atom is -0.488 e. The molecule has 0 aliphatic heterocycles. The monoisotopic (exact) mass is 320 g/mol. The number of nitrogens with one attached hydrogen (secondary N) is 2. The summed E-state index contributed by atoms with van der Waals surface area (Å²) in [6, 6.07) is 7.29. The molecule has 5 nitrogen and oxygen atoms in total. The van der Waals surface area contributed by atoms with Gasteiger partial charge in [-0.2, -0.15) is 0 Å². The van der Waals surface area contributed by atoms with Gasteiger partial charge in [0.1, 0.15) is 5.75 Å². The molecule has 0 saturated heterocycles. The summed E-state index contributed by atoms with van der Waals surface area (Å²) in [7, 11) is 0. The van der Waals surface area contributed by atoms with E-state index in [2.05, 4.69) is 10.6 Å². The second-order valence-corrected chi connectivity index (χ2v) is 6.55. The number of ether oxygens (including phenoxy) is 1. The van der Waals surface area contributed by atoms with Gasteiger partial charge in [0.15, 0.2) is 0 Å². The van der Waals surface area contributed by atoms with Crippen molar-refractivity contribution < 1.29 is 14.6 Å². The van der Waals surface area contributed by atoms with E-state index in [1.807, 2.05) is 31.2 Å². The predicted octanol–water partition coefficient (Wildman–Crippen LogP) is 3.54. The fourth-order valence-electron chi connectivity index (χ4n) is 2.96. The zero-order valence-corrected chi connectivity index (χ0v) is 14.0. The smallest absolute Gasteiger partial charge is 0.319 e. The van der Waals surface area contributed by atoms with Crippen molar-refractivity contribution in [1.29, 1.82) is 0 Å². The Kier molecular flexibility index (Phi) is 6.71. The number of rotatable bonds is 7. The number of hydrogen-bond donors (Lipinski definition) is 3. The van der Waals surface area contributed by atoms with Crippen molar-refractivity contribution in [1.82, 2.24) is 5.32 Å². The molecule has 1 fully saturated rings. The number of urea groups is 1. The minimum atomic E-state index is -0.351. The van der Waals surface area contributed by atoms with Crippen LogP contribution in [0.1, 0.15) is 46.0 Å². The number of hydrogen-bond acceptors (Lipinski definition) is 3. The van der Waals surface area contributed by atoms with Gasteiger partial charge in [-0.15, -0.1) is 0 Å². The number of anilines is 1. The zero-order chi connectivity index (χ0) is 16.7. The summed E-state index contributed by atoms with van der Waals surface area (Å²) >= 11 is 0. The van der Waals surface area contributed by atoms with Crippen LogP contribution in [0.15, 0.2) is 24.3 Å². The summed E-state index contributed by atoms with van der Waals surface area (Å²) < 4.78 is 6.01. The van der Waals surface area contributed by atoms with Crippen LogP contribution in [0.4, 0.5) is 10.5 Å². The van der Waals surface area contributed by atoms with Gasteiger partial charge in [0, 0.05) is 6.54 Å². The molecule has 2 amide bonds. The predicted molar refractivity (Wildman–Crippen MR) is 91.8 cm³/mol. The Morgan fingerprint density at radius 3 is 2.70 bits per heavy atom. The van der Waals surface area contributed by atoms with Crippen LogP contribution in [0.25, 0.3) is 0 Å². The van der Waals surface area contributed by atoms with Crippen LogP contribution in [0.5, 0.6) is 5.75 Å². The first-order valence-electron chi connectivity index (χ1n) is 8.53. The van der Waals surface area contributed by atoms with E-state index >= 15 is 0 Å². The highest BCUT2D eigenvalue weighted by Gasteiger charge is 2.18. The molecule has 2 rings (SSSR count). The Morgan fingerprint density at radius 2 is 2.00 bits per heavy atom. The molecule has 0 aromatic heterocycles. The van der Waals surface area contributed by atoms with E-state index in [0.717, 1.165) is 18.6 Å². The van der Waals surface area contributed by atoms with E-state index in [9.17, 15) is 9.90 Å². The van der Waals surface area contributed by atoms with Crippen molar-refractivity contribution in [3.8, 4) is 5.75 Å². The maximum absolute atomic E-state index is 12.1. The van der Waals surface area contributed by atoms with Gasteiger partial charge in [-0.25, -0.2) is 4.79 Å². The van der Waals surface area contributed by atoms with Gasteiger partial charge in [0.25, 0.3) is 0 Å². The molecule has 3 N–H and O–H groups in total. The third-order valence-corrected chi connectivity index (χ3v) is 4.09. The van der Waals surface area contributed by atoms with Crippen molar-refractivity contribution in [2.75, 3.05) is 11.9 Å². The van der Waals surface area contributed by atoms with E-state index in [1.54, 1.807) is 6.92 Å². The standard InChI is InChI=1S/C18H28N2O3/c1-13(11-14(2)21)12-19-18(22)20-16-9-5-6-10-17(16)23-15-7-3-4-8-15/h5-6,9-10,13-15,21H,3-4,7-8,11-12H2,1-2H3,(H2,19,20,22). The Balaban J connectivity index is 1.85. The van der Waals surface area contributed by atoms with Crippen LogP contribution in [-0.2, 0) is 0 Å². The van der Waals surface area contributed by atoms with Crippen molar-refractivity contribution in [2.45, 2.75) is 58.2 Å². The summed E-state index contributed by atoms with van der Waals surface area (Å²) in [6.45, 7) is 4.29. The first kappa shape index (κ1) is 17.6. The summed E-state index contributed by atoms with van der Waals surface area (Å²) in [6.07, 6.45) is 5.16. The fourth-order valence-corrected chi connectivity index (χ4v) is 2.96. The maximum Gasteiger partial charge on any atom is 0.319 e. The van der Waals surface area contributed by atoms with Gasteiger partial charge in [-0.3, -0.25) is 0 Å². The van der Waals surface area contributed by atoms with Gasteiger partial charge in [-0.05, 0) is 57.1 Å². The lowest BCUT2D eigenvalue weighted by atomic mass is 10.1. The number of amides is 2. The Bertz CT molecular complexity index is 499. The van der Waals surface area contributed by atoms with Gasteiger partial charge in [-0.1, -0.05) is 19.1 Å². The summed E-state index contributed by atoms with van der Waals surface area (Å²) in [5.74, 6) is 0.956. The van der Waals surface area contributed by atoms with Crippen molar-refractivity contribution in [3.05, 3.63) is 24.3 Å². The molecule has 0 bridgehead atoms. The zero-order valence-electron chi connectivity index (χ0n) is 14.0. The Morgan fingerprint density at radius 1 is 1.30 bits per heavy atom. The van der Waals surface area contributed by atoms with Crippen LogP contribution in [0, 0.1) is 5.92 Å². The van der Waals surface area contributed by atoms with Crippen LogP contribution < -0.4 is 15.4 Å². The van der Waals surface area contributed by atoms with E-state index in [4.69, 9.17) is 4.74 Å². The summed E-state index contributed by atoms with van der Waals surface area (Å²) in [5.41, 5.74) is 0.695. The molecule has 1 aliphatic carbocycles. The SMILES string of the molecule is CC(O)CC(C)CNC(=O)Nc1ccccc1OC1CCCC1. The van der Waals surface area contributed by atoms with Gasteiger partial charge in [0.05, 0.1) is 17.9 Å². The topological polar surface area (TPSA) is 70.6 Å². The van der Waals surface area contributed by atoms with Crippen LogP contribution in [0.2, 0.25) is 0 Å². The lowest BCUT2D eigenvalue weighted by molar-refractivity contribution is 0.163. The Labute approximate surface area is 138 Å². The molecule has 23 heavy (non-hydrogen) atoms.